The molecule has 0 fully saturated rings. The van der Waals surface area contributed by atoms with Crippen molar-refractivity contribution in [3.63, 3.8) is 0 Å². The number of hydrogen-bond acceptors (Lipinski definition) is 4. The Bertz CT molecular complexity index is 2280. The maximum atomic E-state index is 10.6. The maximum Gasteiger partial charge on any atom is 0.229 e. The number of fused-ring (bicyclic) bond motifs is 2. The Balaban J connectivity index is 1.37. The molecule has 1 heterocycles. The molecule has 1 N–H and O–H groups in total. The second-order valence-corrected chi connectivity index (χ2v) is 14.0. The number of aliphatic imine (C=N–C) groups is 1. The van der Waals surface area contributed by atoms with Gasteiger partial charge < -0.3 is 9.52 Å². The summed E-state index contributed by atoms with van der Waals surface area (Å²) in [6.07, 6.45) is 2.77. The minimum atomic E-state index is -0.0524. The fraction of sp³-hybridized carbons (Fsp3) is 0.182. The van der Waals surface area contributed by atoms with Crippen LogP contribution in [0.25, 0.3) is 55.6 Å². The van der Waals surface area contributed by atoms with Crippen LogP contribution in [-0.2, 0) is 11.8 Å². The summed E-state index contributed by atoms with van der Waals surface area (Å²) in [6.45, 7) is 11.0. The van der Waals surface area contributed by atoms with Crippen molar-refractivity contribution in [1.82, 2.24) is 4.98 Å². The van der Waals surface area contributed by atoms with Crippen LogP contribution in [0.15, 0.2) is 131 Å². The minimum absolute atomic E-state index is 0.0524. The number of aromatic hydroxyl groups is 1. The highest BCUT2D eigenvalue weighted by molar-refractivity contribution is 6.05. The molecular weight excluding hydrogens is 588 g/mol. The monoisotopic (exact) mass is 628 g/mol. The Labute approximate surface area is 282 Å². The van der Waals surface area contributed by atoms with Crippen LogP contribution in [0.5, 0.6) is 5.75 Å². The van der Waals surface area contributed by atoms with E-state index in [1.165, 1.54) is 10.9 Å². The van der Waals surface area contributed by atoms with Crippen LogP contribution >= 0.6 is 0 Å². The van der Waals surface area contributed by atoms with Gasteiger partial charge >= 0.3 is 0 Å². The Morgan fingerprint density at radius 3 is 2.27 bits per heavy atom. The number of nitrogens with zero attached hydrogens (tertiary/aromatic N) is 2. The van der Waals surface area contributed by atoms with Crippen molar-refractivity contribution in [3.8, 4) is 39.5 Å². The summed E-state index contributed by atoms with van der Waals surface area (Å²) in [4.78, 5) is 9.97. The first-order valence-corrected chi connectivity index (χ1v) is 16.6. The zero-order valence-corrected chi connectivity index (χ0v) is 28.2. The zero-order valence-electron chi connectivity index (χ0n) is 28.2. The molecule has 6 aromatic carbocycles. The molecule has 4 heteroatoms. The molecule has 0 aliphatic carbocycles. The lowest BCUT2D eigenvalue weighted by Crippen LogP contribution is -2.11. The summed E-state index contributed by atoms with van der Waals surface area (Å²) in [7, 11) is 0. The lowest BCUT2D eigenvalue weighted by Gasteiger charge is -2.19. The van der Waals surface area contributed by atoms with E-state index >= 15 is 0 Å². The first kappa shape index (κ1) is 31.1. The SMILES string of the molecule is CC(C)Cc1ccc(-c2cc(-c3cccc4ccccc34)c3nc(-c4ccccc4N=Cc4cc(C(C)(C)C)ccc4O)oc3c2)cc1. The third kappa shape index (κ3) is 6.26. The summed E-state index contributed by atoms with van der Waals surface area (Å²) < 4.78 is 6.61. The largest absolute Gasteiger partial charge is 0.507 e. The summed E-state index contributed by atoms with van der Waals surface area (Å²) in [5.41, 5.74) is 10.4. The summed E-state index contributed by atoms with van der Waals surface area (Å²) in [6, 6.07) is 41.6. The molecule has 0 saturated carbocycles. The van der Waals surface area contributed by atoms with Crippen molar-refractivity contribution in [2.75, 3.05) is 0 Å². The molecule has 0 spiro atoms. The lowest BCUT2D eigenvalue weighted by atomic mass is 9.86. The van der Waals surface area contributed by atoms with Gasteiger partial charge in [-0.25, -0.2) is 4.98 Å². The van der Waals surface area contributed by atoms with Gasteiger partial charge in [-0.05, 0) is 92.7 Å². The molecule has 1 aromatic heterocycles. The smallest absolute Gasteiger partial charge is 0.229 e. The molecule has 0 aliphatic rings. The van der Waals surface area contributed by atoms with Crippen LogP contribution in [0.3, 0.4) is 0 Å². The molecule has 0 unspecified atom stereocenters. The first-order valence-electron chi connectivity index (χ1n) is 16.6. The van der Waals surface area contributed by atoms with Crippen molar-refractivity contribution >= 4 is 33.8 Å². The van der Waals surface area contributed by atoms with Gasteiger partial charge in [0.1, 0.15) is 11.3 Å². The lowest BCUT2D eigenvalue weighted by molar-refractivity contribution is 0.473. The second-order valence-electron chi connectivity index (χ2n) is 14.0. The van der Waals surface area contributed by atoms with Crippen LogP contribution in [0.4, 0.5) is 5.69 Å². The summed E-state index contributed by atoms with van der Waals surface area (Å²) in [5, 5.41) is 13.0. The Kier molecular flexibility index (Phi) is 8.18. The molecule has 48 heavy (non-hydrogen) atoms. The van der Waals surface area contributed by atoms with Gasteiger partial charge in [0, 0.05) is 17.3 Å². The third-order valence-corrected chi connectivity index (χ3v) is 8.88. The molecule has 0 bridgehead atoms. The molecule has 0 aliphatic heterocycles. The van der Waals surface area contributed by atoms with E-state index in [0.717, 1.165) is 50.7 Å². The van der Waals surface area contributed by atoms with Gasteiger partial charge in [-0.15, -0.1) is 0 Å². The minimum Gasteiger partial charge on any atom is -0.507 e. The molecular formula is C44H40N2O2. The molecule has 238 valence electrons. The number of phenolic OH excluding ortho intramolecular Hbond substituents is 1. The normalized spacial score (nSPS) is 12.1. The van der Waals surface area contributed by atoms with Gasteiger partial charge in [-0.2, -0.15) is 0 Å². The van der Waals surface area contributed by atoms with Crippen LogP contribution in [0.1, 0.15) is 51.3 Å². The predicted octanol–water partition coefficient (Wildman–Crippen LogP) is 11.9. The van der Waals surface area contributed by atoms with Crippen molar-refractivity contribution in [3.05, 3.63) is 138 Å². The van der Waals surface area contributed by atoms with Gasteiger partial charge in [0.05, 0.1) is 11.3 Å². The van der Waals surface area contributed by atoms with Crippen molar-refractivity contribution in [2.45, 2.75) is 46.5 Å². The van der Waals surface area contributed by atoms with Crippen LogP contribution in [0.2, 0.25) is 0 Å². The summed E-state index contributed by atoms with van der Waals surface area (Å²) >= 11 is 0. The van der Waals surface area contributed by atoms with E-state index in [2.05, 4.69) is 113 Å². The fourth-order valence-corrected chi connectivity index (χ4v) is 6.31. The van der Waals surface area contributed by atoms with Crippen molar-refractivity contribution < 1.29 is 9.52 Å². The number of phenols is 1. The van der Waals surface area contributed by atoms with Crippen molar-refractivity contribution in [1.29, 1.82) is 0 Å². The molecule has 0 saturated heterocycles. The molecule has 7 aromatic rings. The van der Waals surface area contributed by atoms with Gasteiger partial charge in [-0.1, -0.05) is 120 Å². The first-order chi connectivity index (χ1) is 23.1. The molecule has 7 rings (SSSR count). The number of rotatable bonds is 7. The van der Waals surface area contributed by atoms with E-state index in [4.69, 9.17) is 14.4 Å². The van der Waals surface area contributed by atoms with Crippen LogP contribution in [-0.4, -0.2) is 16.3 Å². The highest BCUT2D eigenvalue weighted by Crippen LogP contribution is 2.40. The van der Waals surface area contributed by atoms with Gasteiger partial charge in [-0.3, -0.25) is 4.99 Å². The quantitative estimate of drug-likeness (QED) is 0.179. The summed E-state index contributed by atoms with van der Waals surface area (Å²) in [5.74, 6) is 1.29. The van der Waals surface area contributed by atoms with E-state index in [1.807, 2.05) is 36.4 Å². The van der Waals surface area contributed by atoms with Gasteiger partial charge in [0.25, 0.3) is 0 Å². The van der Waals surface area contributed by atoms with E-state index in [0.29, 0.717) is 28.6 Å². The van der Waals surface area contributed by atoms with Gasteiger partial charge in [0.15, 0.2) is 5.58 Å². The zero-order chi connectivity index (χ0) is 33.4. The van der Waals surface area contributed by atoms with E-state index in [-0.39, 0.29) is 11.2 Å². The number of aromatic nitrogens is 1. The van der Waals surface area contributed by atoms with E-state index < -0.39 is 0 Å². The Hall–Kier alpha value is -5.48. The van der Waals surface area contributed by atoms with E-state index in [1.54, 1.807) is 12.3 Å². The molecule has 0 amide bonds. The number of para-hydroxylation sites is 1. The standard InChI is InChI=1S/C44H40N2O2/c1-28(2)23-29-17-19-30(20-18-29)32-25-38(36-15-10-12-31-11-6-7-13-35(31)36)42-41(26-32)48-43(46-42)37-14-8-9-16-39(37)45-27-33-24-34(44(3,4)5)21-22-40(33)47/h6-22,24-28,47H,23H2,1-5H3. The average Bonchev–Trinajstić information content (AvgIpc) is 3.51. The molecule has 0 radical (unpaired) electrons. The number of benzene rings is 6. The topological polar surface area (TPSA) is 58.6 Å². The molecule has 0 atom stereocenters. The maximum absolute atomic E-state index is 10.6. The Morgan fingerprint density at radius 2 is 1.48 bits per heavy atom. The third-order valence-electron chi connectivity index (χ3n) is 8.88. The number of hydrogen-bond donors (Lipinski definition) is 1. The Morgan fingerprint density at radius 1 is 0.750 bits per heavy atom. The highest BCUT2D eigenvalue weighted by Gasteiger charge is 2.19. The number of oxazole rings is 1. The molecule has 4 nitrogen and oxygen atoms in total. The van der Waals surface area contributed by atoms with E-state index in [9.17, 15) is 5.11 Å². The fourth-order valence-electron chi connectivity index (χ4n) is 6.31. The van der Waals surface area contributed by atoms with Crippen LogP contribution < -0.4 is 0 Å². The van der Waals surface area contributed by atoms with Crippen molar-refractivity contribution in [2.24, 2.45) is 10.9 Å². The average molecular weight is 629 g/mol. The second kappa shape index (κ2) is 12.6. The predicted molar refractivity (Wildman–Crippen MR) is 200 cm³/mol. The van der Waals surface area contributed by atoms with Gasteiger partial charge in [0.2, 0.25) is 5.89 Å². The highest BCUT2D eigenvalue weighted by atomic mass is 16.3. The van der Waals surface area contributed by atoms with Crippen LogP contribution in [0, 0.1) is 5.92 Å².